The van der Waals surface area contributed by atoms with Crippen molar-refractivity contribution in [3.05, 3.63) is 292 Å². The third kappa shape index (κ3) is 10.5. The molecule has 4 heterocycles. The van der Waals surface area contributed by atoms with E-state index in [4.69, 9.17) is 0 Å². The van der Waals surface area contributed by atoms with Crippen LogP contribution in [0.1, 0.15) is 0 Å². The second-order valence-electron chi connectivity index (χ2n) is 15.7. The van der Waals surface area contributed by atoms with Crippen molar-refractivity contribution in [2.24, 2.45) is 0 Å². The van der Waals surface area contributed by atoms with Crippen LogP contribution >= 0.6 is 0 Å². The van der Waals surface area contributed by atoms with Gasteiger partial charge in [0.25, 0.3) is 12.7 Å². The SMILES string of the molecule is [Ir].[c-]1ccccc1-n1[c-][n+](-c2ccccc2)c(-c2ccccc2)c1-c1ccccc1.[c-]1ccccc1-n1[c-][n+](-c2ccccc2)c(-c2ccccc2)c1-c1ccccc1.c1ccc(-c2ccn[n-]2)nc1. The molecular formula is C62H44IrN7-3. The zero-order valence-electron chi connectivity index (χ0n) is 37.9. The van der Waals surface area contributed by atoms with Gasteiger partial charge in [0.15, 0.2) is 0 Å². The fraction of sp³-hybridized carbons (Fsp3) is 0. The molecule has 7 nitrogen and oxygen atoms in total. The van der Waals surface area contributed by atoms with Crippen molar-refractivity contribution >= 4 is 0 Å². The summed E-state index contributed by atoms with van der Waals surface area (Å²) < 4.78 is 8.48. The van der Waals surface area contributed by atoms with Gasteiger partial charge in [-0.1, -0.05) is 176 Å². The number of rotatable bonds is 9. The van der Waals surface area contributed by atoms with Crippen molar-refractivity contribution < 1.29 is 29.2 Å². The summed E-state index contributed by atoms with van der Waals surface area (Å²) in [6.07, 6.45) is 10.6. The van der Waals surface area contributed by atoms with Gasteiger partial charge in [-0.15, -0.1) is 0 Å². The van der Waals surface area contributed by atoms with Gasteiger partial charge in [-0.2, -0.15) is 60.7 Å². The van der Waals surface area contributed by atoms with Crippen LogP contribution in [0.3, 0.4) is 0 Å². The van der Waals surface area contributed by atoms with Gasteiger partial charge in [-0.05, 0) is 70.0 Å². The maximum Gasteiger partial charge on any atom is 0.268 e. The third-order valence-electron chi connectivity index (χ3n) is 11.2. The molecule has 0 atom stereocenters. The fourth-order valence-corrected chi connectivity index (χ4v) is 8.08. The molecule has 12 aromatic rings. The summed E-state index contributed by atoms with van der Waals surface area (Å²) in [5, 5.41) is 7.58. The van der Waals surface area contributed by atoms with E-state index >= 15 is 0 Å². The zero-order chi connectivity index (χ0) is 46.5. The Morgan fingerprint density at radius 2 is 0.757 bits per heavy atom. The molecular weight excluding hydrogens is 1030 g/mol. The Kier molecular flexibility index (Phi) is 15.1. The molecule has 12 rings (SSSR count). The van der Waals surface area contributed by atoms with E-state index in [2.05, 4.69) is 216 Å². The summed E-state index contributed by atoms with van der Waals surface area (Å²) in [7, 11) is 0. The van der Waals surface area contributed by atoms with Crippen LogP contribution in [0.5, 0.6) is 0 Å². The van der Waals surface area contributed by atoms with Crippen LogP contribution in [-0.2, 0) is 20.1 Å². The van der Waals surface area contributed by atoms with Gasteiger partial charge >= 0.3 is 0 Å². The molecule has 0 bridgehead atoms. The van der Waals surface area contributed by atoms with E-state index in [1.54, 1.807) is 12.4 Å². The van der Waals surface area contributed by atoms with Crippen molar-refractivity contribution in [2.45, 2.75) is 0 Å². The van der Waals surface area contributed by atoms with E-state index in [0.29, 0.717) is 0 Å². The molecule has 0 saturated carbocycles. The summed E-state index contributed by atoms with van der Waals surface area (Å²) in [6, 6.07) is 92.9. The standard InChI is InChI=1S/2C27H19N2.C8H6N3.Ir/c2*1-5-13-22(14-6-1)26-27(23-15-7-2-8-16-23)29(25-19-11-4-12-20-25)21-28(26)24-17-9-3-10-18-24;1-2-5-9-7(3-1)8-4-6-10-11-8;/h2*1-19H;1-6H;/q3*-1;. The molecule has 0 amide bonds. The molecule has 0 aliphatic rings. The van der Waals surface area contributed by atoms with E-state index in [0.717, 1.165) is 79.2 Å². The number of pyridine rings is 1. The van der Waals surface area contributed by atoms with Gasteiger partial charge in [-0.25, -0.2) is 0 Å². The molecule has 0 fully saturated rings. The van der Waals surface area contributed by atoms with Gasteiger partial charge in [0, 0.05) is 38.2 Å². The zero-order valence-corrected chi connectivity index (χ0v) is 40.3. The largest absolute Gasteiger partial charge is 0.574 e. The number of benzene rings is 8. The van der Waals surface area contributed by atoms with Crippen molar-refractivity contribution in [1.82, 2.24) is 24.3 Å². The molecule has 0 N–H and O–H groups in total. The second kappa shape index (κ2) is 22.8. The summed E-state index contributed by atoms with van der Waals surface area (Å²) >= 11 is 0. The minimum Gasteiger partial charge on any atom is -0.574 e. The first kappa shape index (κ1) is 46.3. The maximum absolute atomic E-state index is 4.12. The van der Waals surface area contributed by atoms with Gasteiger partial charge in [0.1, 0.15) is 0 Å². The number of para-hydroxylation sites is 4. The number of hydrogen-bond donors (Lipinski definition) is 0. The molecule has 70 heavy (non-hydrogen) atoms. The second-order valence-corrected chi connectivity index (χ2v) is 15.7. The minimum absolute atomic E-state index is 0. The van der Waals surface area contributed by atoms with Crippen LogP contribution in [0.25, 0.3) is 79.2 Å². The Morgan fingerprint density at radius 3 is 1.11 bits per heavy atom. The van der Waals surface area contributed by atoms with Crippen molar-refractivity contribution in [3.63, 3.8) is 0 Å². The van der Waals surface area contributed by atoms with Crippen LogP contribution in [0.4, 0.5) is 0 Å². The first-order valence-electron chi connectivity index (χ1n) is 22.6. The van der Waals surface area contributed by atoms with Gasteiger partial charge in [0.05, 0.1) is 34.2 Å². The summed E-state index contributed by atoms with van der Waals surface area (Å²) in [4.78, 5) is 4.12. The summed E-state index contributed by atoms with van der Waals surface area (Å²) in [5.41, 5.74) is 14.7. The topological polar surface area (TPSA) is 57.5 Å². The predicted molar refractivity (Wildman–Crippen MR) is 272 cm³/mol. The fourth-order valence-electron chi connectivity index (χ4n) is 8.08. The van der Waals surface area contributed by atoms with Crippen molar-refractivity contribution in [1.29, 1.82) is 0 Å². The van der Waals surface area contributed by atoms with Crippen LogP contribution in [0.2, 0.25) is 0 Å². The number of hydrogen-bond acceptors (Lipinski definition) is 2. The molecule has 1 radical (unpaired) electrons. The average molecular weight is 1080 g/mol. The molecule has 339 valence electrons. The first-order valence-corrected chi connectivity index (χ1v) is 22.6. The molecule has 4 aromatic heterocycles. The monoisotopic (exact) mass is 1080 g/mol. The van der Waals surface area contributed by atoms with E-state index in [1.807, 2.05) is 97.1 Å². The maximum atomic E-state index is 4.12. The van der Waals surface area contributed by atoms with E-state index < -0.39 is 0 Å². The van der Waals surface area contributed by atoms with Gasteiger partial charge in [0.2, 0.25) is 0 Å². The Labute approximate surface area is 422 Å². The smallest absolute Gasteiger partial charge is 0.268 e. The van der Waals surface area contributed by atoms with Crippen LogP contribution in [-0.4, -0.2) is 19.2 Å². The molecule has 0 spiro atoms. The van der Waals surface area contributed by atoms with E-state index in [9.17, 15) is 0 Å². The van der Waals surface area contributed by atoms with E-state index in [1.165, 1.54) is 0 Å². The van der Waals surface area contributed by atoms with E-state index in [-0.39, 0.29) is 20.1 Å². The molecule has 0 unspecified atom stereocenters. The third-order valence-corrected chi connectivity index (χ3v) is 11.2. The van der Waals surface area contributed by atoms with Gasteiger partial charge in [-0.3, -0.25) is 14.1 Å². The summed E-state index contributed by atoms with van der Waals surface area (Å²) in [5.74, 6) is 0. The Morgan fingerprint density at radius 1 is 0.371 bits per heavy atom. The van der Waals surface area contributed by atoms with Crippen LogP contribution in [0, 0.1) is 24.8 Å². The Hall–Kier alpha value is -8.81. The van der Waals surface area contributed by atoms with Crippen molar-refractivity contribution in [2.75, 3.05) is 0 Å². The number of aromatic nitrogens is 7. The summed E-state index contributed by atoms with van der Waals surface area (Å²) in [6.45, 7) is 0. The van der Waals surface area contributed by atoms with Gasteiger partial charge < -0.3 is 19.3 Å². The molecule has 0 aliphatic carbocycles. The predicted octanol–water partition coefficient (Wildman–Crippen LogP) is 12.5. The Balaban J connectivity index is 0.000000141. The van der Waals surface area contributed by atoms with Crippen LogP contribution < -0.4 is 14.2 Å². The number of nitrogens with zero attached hydrogens (tertiary/aromatic N) is 7. The Bertz CT molecular complexity index is 3030. The molecule has 0 aliphatic heterocycles. The normalized spacial score (nSPS) is 10.5. The van der Waals surface area contributed by atoms with Crippen LogP contribution in [0.15, 0.2) is 267 Å². The molecule has 8 heteroatoms. The minimum atomic E-state index is 0. The quantitative estimate of drug-likeness (QED) is 0.107. The first-order chi connectivity index (χ1) is 34.3. The molecule has 8 aromatic carbocycles. The molecule has 0 saturated heterocycles. The average Bonchev–Trinajstić information content (AvgIpc) is 4.23. The van der Waals surface area contributed by atoms with Crippen molar-refractivity contribution in [3.8, 4) is 79.2 Å². The number of imidazole rings is 2.